The van der Waals surface area contributed by atoms with Crippen molar-refractivity contribution in [1.29, 1.82) is 0 Å². The third-order valence-electron chi connectivity index (χ3n) is 7.81. The Balaban J connectivity index is 1.14. The number of benzene rings is 3. The predicted molar refractivity (Wildman–Crippen MR) is 183 cm³/mol. The number of carbonyl (C=O) groups is 2. The monoisotopic (exact) mass is 716 g/mol. The van der Waals surface area contributed by atoms with Gasteiger partial charge in [-0.05, 0) is 74.0 Å². The molecule has 9 nitrogen and oxygen atoms in total. The zero-order valence-electron chi connectivity index (χ0n) is 23.8. The number of piperidine rings is 1. The number of amides is 3. The van der Waals surface area contributed by atoms with Crippen molar-refractivity contribution < 1.29 is 14.3 Å². The van der Waals surface area contributed by atoms with Gasteiger partial charge in [0.2, 0.25) is 0 Å². The van der Waals surface area contributed by atoms with Crippen LogP contribution in [-0.4, -0.2) is 39.9 Å². The van der Waals surface area contributed by atoms with Crippen molar-refractivity contribution in [3.63, 3.8) is 0 Å². The summed E-state index contributed by atoms with van der Waals surface area (Å²) in [6.45, 7) is 3.18. The molecule has 2 aromatic heterocycles. The Kier molecular flexibility index (Phi) is 8.15. The number of thiophene rings is 1. The van der Waals surface area contributed by atoms with Gasteiger partial charge in [-0.2, -0.15) is 0 Å². The maximum Gasteiger partial charge on any atom is 0.332 e. The number of para-hydroxylation sites is 1. The minimum absolute atomic E-state index is 0.305. The molecule has 0 radical (unpaired) electrons. The second-order valence-corrected chi connectivity index (χ2v) is 12.5. The number of likely N-dealkylation sites (tertiary alicyclic amines) is 1. The molecule has 7 rings (SSSR count). The number of ether oxygens (including phenoxy) is 1. The number of nitrogens with zero attached hydrogens (tertiary/aromatic N) is 4. The SMILES string of the molecule is O=C(Nc1ccc(CN2CCCCC2)cc1)c1sc2ncnc3c2c1NC(=O)N3c1ccc(Oc2ccccc2)c(CI)c1. The van der Waals surface area contributed by atoms with Crippen molar-refractivity contribution in [2.75, 3.05) is 28.6 Å². The first kappa shape index (κ1) is 28.7. The van der Waals surface area contributed by atoms with E-state index < -0.39 is 6.03 Å². The molecule has 44 heavy (non-hydrogen) atoms. The Morgan fingerprint density at radius 3 is 2.57 bits per heavy atom. The molecule has 0 spiro atoms. The van der Waals surface area contributed by atoms with Crippen LogP contribution in [0.3, 0.4) is 0 Å². The lowest BCUT2D eigenvalue weighted by atomic mass is 10.1. The van der Waals surface area contributed by atoms with E-state index in [-0.39, 0.29) is 5.91 Å². The van der Waals surface area contributed by atoms with Gasteiger partial charge < -0.3 is 15.4 Å². The third kappa shape index (κ3) is 5.74. The summed E-state index contributed by atoms with van der Waals surface area (Å²) >= 11 is 3.52. The number of carbonyl (C=O) groups excluding carboxylic acids is 2. The van der Waals surface area contributed by atoms with Crippen molar-refractivity contribution in [3.05, 3.63) is 95.1 Å². The summed E-state index contributed by atoms with van der Waals surface area (Å²) in [5.41, 5.74) is 3.92. The molecule has 5 aromatic rings. The lowest BCUT2D eigenvalue weighted by Gasteiger charge is -2.27. The van der Waals surface area contributed by atoms with Crippen LogP contribution in [0.5, 0.6) is 11.5 Å². The van der Waals surface area contributed by atoms with Crippen LogP contribution >= 0.6 is 33.9 Å². The van der Waals surface area contributed by atoms with Crippen molar-refractivity contribution in [1.82, 2.24) is 14.9 Å². The van der Waals surface area contributed by atoms with Crippen LogP contribution in [0.4, 0.5) is 27.7 Å². The van der Waals surface area contributed by atoms with Crippen molar-refractivity contribution in [3.8, 4) is 11.5 Å². The normalized spacial score (nSPS) is 14.8. The van der Waals surface area contributed by atoms with Gasteiger partial charge in [0.25, 0.3) is 5.91 Å². The first-order chi connectivity index (χ1) is 21.6. The first-order valence-corrected chi connectivity index (χ1v) is 16.8. The Morgan fingerprint density at radius 1 is 1.00 bits per heavy atom. The molecule has 3 aromatic carbocycles. The van der Waals surface area contributed by atoms with Gasteiger partial charge in [-0.3, -0.25) is 9.69 Å². The highest BCUT2D eigenvalue weighted by atomic mass is 127. The number of hydrogen-bond acceptors (Lipinski definition) is 7. The average Bonchev–Trinajstić information content (AvgIpc) is 3.43. The molecule has 2 N–H and O–H groups in total. The van der Waals surface area contributed by atoms with E-state index in [1.807, 2.05) is 60.7 Å². The van der Waals surface area contributed by atoms with Crippen LogP contribution in [0, 0.1) is 0 Å². The standard InChI is InChI=1S/C33H29IN6O3S/c34-18-22-17-24(13-14-26(22)43-25-7-3-1-4-8-25)40-30-27-28(38-33(40)42)29(44-32(27)36-20-35-30)31(41)37-23-11-9-21(10-12-23)19-39-15-5-2-6-16-39/h1,3-4,7-14,17,20H,2,5-6,15-16,18-19H2,(H,37,41)(H,38,42). The molecule has 0 aliphatic carbocycles. The zero-order chi connectivity index (χ0) is 30.0. The lowest BCUT2D eigenvalue weighted by molar-refractivity contribution is 0.103. The molecular formula is C33H29IN6O3S. The van der Waals surface area contributed by atoms with Gasteiger partial charge >= 0.3 is 6.03 Å². The first-order valence-electron chi connectivity index (χ1n) is 14.5. The summed E-state index contributed by atoms with van der Waals surface area (Å²) in [5, 5.41) is 6.59. The smallest absolute Gasteiger partial charge is 0.332 e. The van der Waals surface area contributed by atoms with E-state index in [1.165, 1.54) is 47.4 Å². The minimum atomic E-state index is -0.400. The van der Waals surface area contributed by atoms with Gasteiger partial charge in [-0.1, -0.05) is 59.3 Å². The molecule has 1 fully saturated rings. The summed E-state index contributed by atoms with van der Waals surface area (Å²) in [7, 11) is 0. The zero-order valence-corrected chi connectivity index (χ0v) is 26.7. The topological polar surface area (TPSA) is 99.7 Å². The highest BCUT2D eigenvalue weighted by molar-refractivity contribution is 14.1. The van der Waals surface area contributed by atoms with E-state index in [1.54, 1.807) is 0 Å². The average molecular weight is 717 g/mol. The van der Waals surface area contributed by atoms with Crippen LogP contribution in [0.2, 0.25) is 0 Å². The molecule has 11 heteroatoms. The molecule has 0 saturated carbocycles. The van der Waals surface area contributed by atoms with Crippen molar-refractivity contribution >= 4 is 79.0 Å². The largest absolute Gasteiger partial charge is 0.457 e. The van der Waals surface area contributed by atoms with Crippen LogP contribution in [-0.2, 0) is 11.0 Å². The maximum atomic E-state index is 13.6. The molecule has 0 unspecified atom stereocenters. The number of rotatable bonds is 8. The second-order valence-electron chi connectivity index (χ2n) is 10.8. The molecule has 3 amide bonds. The molecule has 0 atom stereocenters. The summed E-state index contributed by atoms with van der Waals surface area (Å²) in [4.78, 5) is 41.0. The minimum Gasteiger partial charge on any atom is -0.457 e. The summed E-state index contributed by atoms with van der Waals surface area (Å²) in [5.74, 6) is 1.58. The highest BCUT2D eigenvalue weighted by Crippen LogP contribution is 2.45. The van der Waals surface area contributed by atoms with Gasteiger partial charge in [0.1, 0.15) is 27.5 Å². The maximum absolute atomic E-state index is 13.6. The van der Waals surface area contributed by atoms with Gasteiger partial charge in [0.15, 0.2) is 5.82 Å². The molecule has 4 heterocycles. The number of nitrogens with one attached hydrogen (secondary N) is 2. The lowest BCUT2D eigenvalue weighted by Crippen LogP contribution is -2.35. The van der Waals surface area contributed by atoms with Gasteiger partial charge in [-0.25, -0.2) is 19.7 Å². The van der Waals surface area contributed by atoms with Crippen LogP contribution in [0.25, 0.3) is 10.2 Å². The molecule has 0 bridgehead atoms. The number of halogens is 1. The Hall–Kier alpha value is -4.07. The van der Waals surface area contributed by atoms with Crippen molar-refractivity contribution in [2.24, 2.45) is 0 Å². The van der Waals surface area contributed by atoms with Crippen molar-refractivity contribution in [2.45, 2.75) is 30.2 Å². The molecule has 2 aliphatic heterocycles. The fourth-order valence-electron chi connectivity index (χ4n) is 5.65. The number of alkyl halides is 1. The fraction of sp³-hybridized carbons (Fsp3) is 0.212. The number of hydrogen-bond donors (Lipinski definition) is 2. The van der Waals surface area contributed by atoms with Gasteiger partial charge in [-0.15, -0.1) is 11.3 Å². The Bertz CT molecular complexity index is 1840. The van der Waals surface area contributed by atoms with E-state index in [2.05, 4.69) is 60.2 Å². The molecular weight excluding hydrogens is 687 g/mol. The van der Waals surface area contributed by atoms with Gasteiger partial charge in [0.05, 0.1) is 16.8 Å². The summed E-state index contributed by atoms with van der Waals surface area (Å²) in [6, 6.07) is 22.8. The van der Waals surface area contributed by atoms with Crippen LogP contribution in [0.15, 0.2) is 79.1 Å². The third-order valence-corrected chi connectivity index (χ3v) is 9.72. The van der Waals surface area contributed by atoms with E-state index in [4.69, 9.17) is 4.74 Å². The summed E-state index contributed by atoms with van der Waals surface area (Å²) < 4.78 is 6.78. The Labute approximate surface area is 272 Å². The van der Waals surface area contributed by atoms with E-state index in [0.717, 1.165) is 30.9 Å². The number of urea groups is 1. The molecule has 1 saturated heterocycles. The van der Waals surface area contributed by atoms with E-state index in [9.17, 15) is 9.59 Å². The number of aromatic nitrogens is 2. The number of anilines is 4. The highest BCUT2D eigenvalue weighted by Gasteiger charge is 2.34. The summed E-state index contributed by atoms with van der Waals surface area (Å²) in [6.07, 6.45) is 5.24. The second kappa shape index (κ2) is 12.5. The van der Waals surface area contributed by atoms with Crippen LogP contribution in [0.1, 0.15) is 40.1 Å². The van der Waals surface area contributed by atoms with Crippen LogP contribution < -0.4 is 20.3 Å². The van der Waals surface area contributed by atoms with E-state index >= 15 is 0 Å². The quantitative estimate of drug-likeness (QED) is 0.124. The fourth-order valence-corrected chi connectivity index (χ4v) is 7.23. The van der Waals surface area contributed by atoms with E-state index in [0.29, 0.717) is 48.2 Å². The molecule has 2 aliphatic rings. The Morgan fingerprint density at radius 2 is 1.80 bits per heavy atom. The predicted octanol–water partition coefficient (Wildman–Crippen LogP) is 8.34. The van der Waals surface area contributed by atoms with Gasteiger partial charge in [0, 0.05) is 22.2 Å². The molecule has 222 valence electrons.